The second-order valence-electron chi connectivity index (χ2n) is 5.54. The molecule has 0 saturated carbocycles. The summed E-state index contributed by atoms with van der Waals surface area (Å²) in [6, 6.07) is 7.37. The van der Waals surface area contributed by atoms with Crippen molar-refractivity contribution < 1.29 is 19.4 Å². The number of hydrogen-bond acceptors (Lipinski definition) is 4. The molecule has 1 amide bonds. The third-order valence-corrected chi connectivity index (χ3v) is 3.88. The van der Waals surface area contributed by atoms with E-state index in [9.17, 15) is 9.59 Å². The fraction of sp³-hybridized carbons (Fsp3) is 0.500. The van der Waals surface area contributed by atoms with Crippen molar-refractivity contribution in [1.29, 1.82) is 0 Å². The van der Waals surface area contributed by atoms with Gasteiger partial charge in [0.25, 0.3) is 0 Å². The second-order valence-corrected chi connectivity index (χ2v) is 5.54. The number of likely N-dealkylation sites (tertiary alicyclic amines) is 1. The normalized spacial score (nSPS) is 18.7. The van der Waals surface area contributed by atoms with Crippen LogP contribution >= 0.6 is 0 Å². The van der Waals surface area contributed by atoms with E-state index in [2.05, 4.69) is 5.32 Å². The van der Waals surface area contributed by atoms with Crippen LogP contribution in [0.3, 0.4) is 0 Å². The van der Waals surface area contributed by atoms with E-state index in [1.165, 1.54) is 0 Å². The third kappa shape index (κ3) is 4.73. The van der Waals surface area contributed by atoms with Crippen molar-refractivity contribution in [2.45, 2.75) is 19.3 Å². The molecular weight excluding hydrogens is 284 g/mol. The first-order valence-electron chi connectivity index (χ1n) is 7.43. The topological polar surface area (TPSA) is 78.9 Å². The van der Waals surface area contributed by atoms with Gasteiger partial charge in [0.15, 0.2) is 0 Å². The van der Waals surface area contributed by atoms with Crippen LogP contribution in [-0.2, 0) is 16.0 Å². The molecule has 0 bridgehead atoms. The van der Waals surface area contributed by atoms with Gasteiger partial charge in [-0.3, -0.25) is 14.5 Å². The number of carbonyl (C=O) groups is 2. The van der Waals surface area contributed by atoms with E-state index in [1.54, 1.807) is 7.11 Å². The van der Waals surface area contributed by atoms with E-state index in [0.717, 1.165) is 24.3 Å². The first-order chi connectivity index (χ1) is 10.6. The number of rotatable bonds is 6. The Bertz CT molecular complexity index is 515. The quantitative estimate of drug-likeness (QED) is 0.823. The predicted octanol–water partition coefficient (Wildman–Crippen LogP) is 1.11. The van der Waals surface area contributed by atoms with E-state index < -0.39 is 5.97 Å². The van der Waals surface area contributed by atoms with Crippen LogP contribution in [0.4, 0.5) is 0 Å². The molecule has 1 unspecified atom stereocenters. The van der Waals surface area contributed by atoms with Crippen LogP contribution in [0.1, 0.15) is 18.4 Å². The van der Waals surface area contributed by atoms with Crippen LogP contribution < -0.4 is 10.1 Å². The molecule has 1 heterocycles. The summed E-state index contributed by atoms with van der Waals surface area (Å²) in [4.78, 5) is 24.9. The lowest BCUT2D eigenvalue weighted by Gasteiger charge is -2.30. The van der Waals surface area contributed by atoms with Gasteiger partial charge in [0.2, 0.25) is 5.91 Å². The maximum absolute atomic E-state index is 11.9. The highest BCUT2D eigenvalue weighted by Gasteiger charge is 2.25. The zero-order chi connectivity index (χ0) is 15.9. The van der Waals surface area contributed by atoms with Gasteiger partial charge < -0.3 is 15.2 Å². The van der Waals surface area contributed by atoms with Gasteiger partial charge in [-0.15, -0.1) is 0 Å². The number of methoxy groups -OCH3 is 1. The second kappa shape index (κ2) is 7.79. The van der Waals surface area contributed by atoms with Gasteiger partial charge in [-0.2, -0.15) is 0 Å². The summed E-state index contributed by atoms with van der Waals surface area (Å²) in [5.41, 5.74) is 0.917. The van der Waals surface area contributed by atoms with Crippen LogP contribution in [0.15, 0.2) is 24.3 Å². The van der Waals surface area contributed by atoms with E-state index in [1.807, 2.05) is 29.2 Å². The molecular formula is C16H22N2O4. The van der Waals surface area contributed by atoms with Crippen molar-refractivity contribution in [3.05, 3.63) is 29.8 Å². The first-order valence-corrected chi connectivity index (χ1v) is 7.43. The number of amides is 1. The van der Waals surface area contributed by atoms with Gasteiger partial charge in [0.1, 0.15) is 5.75 Å². The van der Waals surface area contributed by atoms with Crippen LogP contribution in [-0.4, -0.2) is 48.8 Å². The predicted molar refractivity (Wildman–Crippen MR) is 81.6 cm³/mol. The molecule has 1 saturated heterocycles. The molecule has 120 valence electrons. The molecule has 1 atom stereocenters. The lowest BCUT2D eigenvalue weighted by molar-refractivity contribution is -0.143. The largest absolute Gasteiger partial charge is 0.497 e. The maximum atomic E-state index is 11.9. The molecule has 6 heteroatoms. The molecule has 1 aromatic carbocycles. The first kappa shape index (κ1) is 16.3. The number of hydrogen-bond donors (Lipinski definition) is 2. The molecule has 0 aliphatic carbocycles. The number of carboxylic acids is 1. The van der Waals surface area contributed by atoms with Crippen LogP contribution in [0, 0.1) is 5.92 Å². The number of piperidine rings is 1. The highest BCUT2D eigenvalue weighted by atomic mass is 16.5. The minimum Gasteiger partial charge on any atom is -0.497 e. The lowest BCUT2D eigenvalue weighted by atomic mass is 9.99. The van der Waals surface area contributed by atoms with Crippen molar-refractivity contribution in [3.63, 3.8) is 0 Å². The van der Waals surface area contributed by atoms with Crippen molar-refractivity contribution >= 4 is 11.9 Å². The number of carboxylic acid groups (broad SMARTS) is 1. The molecule has 1 fully saturated rings. The monoisotopic (exact) mass is 306 g/mol. The van der Waals surface area contributed by atoms with E-state index >= 15 is 0 Å². The summed E-state index contributed by atoms with van der Waals surface area (Å²) in [5.74, 6) is -0.388. The number of carbonyl (C=O) groups excluding carboxylic acids is 1. The third-order valence-electron chi connectivity index (χ3n) is 3.88. The zero-order valence-electron chi connectivity index (χ0n) is 12.7. The highest BCUT2D eigenvalue weighted by molar-refractivity contribution is 5.78. The summed E-state index contributed by atoms with van der Waals surface area (Å²) < 4.78 is 5.08. The summed E-state index contributed by atoms with van der Waals surface area (Å²) in [6.07, 6.45) is 1.87. The van der Waals surface area contributed by atoms with Crippen molar-refractivity contribution in [2.24, 2.45) is 5.92 Å². The van der Waals surface area contributed by atoms with E-state index in [-0.39, 0.29) is 11.8 Å². The molecule has 2 N–H and O–H groups in total. The van der Waals surface area contributed by atoms with Crippen LogP contribution in [0.5, 0.6) is 5.75 Å². The molecule has 22 heavy (non-hydrogen) atoms. The van der Waals surface area contributed by atoms with Crippen molar-refractivity contribution in [3.8, 4) is 5.75 Å². The SMILES string of the molecule is COc1ccc(CC(=O)NCN2CCCC(C(=O)O)C2)cc1. The Balaban J connectivity index is 1.76. The molecule has 1 aromatic rings. The molecule has 6 nitrogen and oxygen atoms in total. The van der Waals surface area contributed by atoms with Gasteiger partial charge in [-0.1, -0.05) is 12.1 Å². The summed E-state index contributed by atoms with van der Waals surface area (Å²) >= 11 is 0. The number of aliphatic carboxylic acids is 1. The fourth-order valence-electron chi connectivity index (χ4n) is 2.59. The number of benzene rings is 1. The van der Waals surface area contributed by atoms with E-state index in [4.69, 9.17) is 9.84 Å². The molecule has 1 aliphatic heterocycles. The molecule has 0 aromatic heterocycles. The fourth-order valence-corrected chi connectivity index (χ4v) is 2.59. The van der Waals surface area contributed by atoms with Gasteiger partial charge in [-0.25, -0.2) is 0 Å². The summed E-state index contributed by atoms with van der Waals surface area (Å²) in [7, 11) is 1.60. The van der Waals surface area contributed by atoms with Crippen molar-refractivity contribution in [1.82, 2.24) is 10.2 Å². The van der Waals surface area contributed by atoms with Crippen LogP contribution in [0.2, 0.25) is 0 Å². The highest BCUT2D eigenvalue weighted by Crippen LogP contribution is 2.16. The van der Waals surface area contributed by atoms with Gasteiger partial charge in [0, 0.05) is 6.54 Å². The Hall–Kier alpha value is -2.08. The van der Waals surface area contributed by atoms with Gasteiger partial charge in [0.05, 0.1) is 26.1 Å². The molecule has 0 spiro atoms. The average molecular weight is 306 g/mol. The van der Waals surface area contributed by atoms with Gasteiger partial charge in [-0.05, 0) is 37.1 Å². The number of nitrogens with one attached hydrogen (secondary N) is 1. The standard InChI is InChI=1S/C16H22N2O4/c1-22-14-6-4-12(5-7-14)9-15(19)17-11-18-8-2-3-13(10-18)16(20)21/h4-7,13H,2-3,8-11H2,1H3,(H,17,19)(H,20,21). The summed E-state index contributed by atoms with van der Waals surface area (Å²) in [6.45, 7) is 1.73. The number of ether oxygens (including phenoxy) is 1. The Morgan fingerprint density at radius 1 is 1.36 bits per heavy atom. The Kier molecular flexibility index (Phi) is 5.77. The molecule has 2 rings (SSSR count). The Morgan fingerprint density at radius 3 is 2.73 bits per heavy atom. The lowest BCUT2D eigenvalue weighted by Crippen LogP contribution is -2.45. The minimum absolute atomic E-state index is 0.0670. The minimum atomic E-state index is -0.755. The Labute approximate surface area is 130 Å². The molecule has 0 radical (unpaired) electrons. The Morgan fingerprint density at radius 2 is 2.09 bits per heavy atom. The van der Waals surface area contributed by atoms with Gasteiger partial charge >= 0.3 is 5.97 Å². The van der Waals surface area contributed by atoms with Crippen LogP contribution in [0.25, 0.3) is 0 Å². The van der Waals surface area contributed by atoms with E-state index in [0.29, 0.717) is 26.1 Å². The average Bonchev–Trinajstić information content (AvgIpc) is 2.54. The summed E-state index contributed by atoms with van der Waals surface area (Å²) in [5, 5.41) is 11.9. The zero-order valence-corrected chi connectivity index (χ0v) is 12.7. The smallest absolute Gasteiger partial charge is 0.307 e. The van der Waals surface area contributed by atoms with Crippen molar-refractivity contribution in [2.75, 3.05) is 26.9 Å². The maximum Gasteiger partial charge on any atom is 0.307 e. The molecule has 1 aliphatic rings. The number of nitrogens with zero attached hydrogens (tertiary/aromatic N) is 1.